The van der Waals surface area contributed by atoms with Gasteiger partial charge in [-0.2, -0.15) is 13.2 Å². The van der Waals surface area contributed by atoms with Gasteiger partial charge in [-0.1, -0.05) is 0 Å². The zero-order chi connectivity index (χ0) is 16.5. The molecule has 2 rings (SSSR count). The van der Waals surface area contributed by atoms with E-state index in [0.717, 1.165) is 12.1 Å². The average molecular weight is 338 g/mol. The lowest BCUT2D eigenvalue weighted by atomic mass is 10.1. The van der Waals surface area contributed by atoms with Crippen LogP contribution in [0.25, 0.3) is 0 Å². The Balaban J connectivity index is 2.18. The summed E-state index contributed by atoms with van der Waals surface area (Å²) < 4.78 is 61.5. The molecule has 1 aliphatic heterocycles. The van der Waals surface area contributed by atoms with Gasteiger partial charge in [-0.3, -0.25) is 10.1 Å². The summed E-state index contributed by atoms with van der Waals surface area (Å²) in [6, 6.07) is 2.43. The number of hydrogen-bond acceptors (Lipinski definition) is 5. The van der Waals surface area contributed by atoms with E-state index >= 15 is 0 Å². The molecule has 1 saturated heterocycles. The molecule has 1 aromatic rings. The number of halogens is 3. The summed E-state index contributed by atoms with van der Waals surface area (Å²) in [5.41, 5.74) is -2.08. The van der Waals surface area contributed by atoms with E-state index in [0.29, 0.717) is 12.5 Å². The van der Waals surface area contributed by atoms with Crippen molar-refractivity contribution >= 4 is 21.2 Å². The van der Waals surface area contributed by atoms with Crippen LogP contribution >= 0.6 is 0 Å². The molecular formula is C12H13F3N2O4S. The predicted octanol–water partition coefficient (Wildman–Crippen LogP) is 2.46. The molecule has 1 atom stereocenters. The van der Waals surface area contributed by atoms with E-state index in [1.807, 2.05) is 0 Å². The lowest BCUT2D eigenvalue weighted by Crippen LogP contribution is -2.18. The quantitative estimate of drug-likeness (QED) is 0.673. The summed E-state index contributed by atoms with van der Waals surface area (Å²) in [7, 11) is -3.11. The van der Waals surface area contributed by atoms with Crippen LogP contribution in [0.2, 0.25) is 0 Å². The maximum Gasteiger partial charge on any atom is 0.418 e. The third-order valence-corrected chi connectivity index (χ3v) is 5.26. The molecule has 6 nitrogen and oxygen atoms in total. The number of non-ortho nitro benzene ring substituents is 1. The molecule has 0 aromatic heterocycles. The molecule has 1 aliphatic rings. The lowest BCUT2D eigenvalue weighted by Gasteiger charge is -2.16. The van der Waals surface area contributed by atoms with Crippen molar-refractivity contribution in [2.45, 2.75) is 12.6 Å². The van der Waals surface area contributed by atoms with Gasteiger partial charge < -0.3 is 5.32 Å². The summed E-state index contributed by atoms with van der Waals surface area (Å²) in [5.74, 6) is -0.290. The minimum absolute atomic E-state index is 0.0335. The SMILES string of the molecule is O=[N+]([O-])c1ccc(NC[C@@H]2CCS(=O)(=O)C2)c(C(F)(F)F)c1. The average Bonchev–Trinajstić information content (AvgIpc) is 2.74. The Hall–Kier alpha value is -1.84. The first-order valence-electron chi connectivity index (χ1n) is 6.38. The largest absolute Gasteiger partial charge is 0.418 e. The van der Waals surface area contributed by atoms with Crippen molar-refractivity contribution in [3.63, 3.8) is 0 Å². The molecule has 22 heavy (non-hydrogen) atoms. The van der Waals surface area contributed by atoms with Crippen molar-refractivity contribution in [1.29, 1.82) is 0 Å². The number of sulfone groups is 1. The molecule has 122 valence electrons. The summed E-state index contributed by atoms with van der Waals surface area (Å²) in [4.78, 5) is 9.68. The van der Waals surface area contributed by atoms with E-state index in [4.69, 9.17) is 0 Å². The van der Waals surface area contributed by atoms with Crippen LogP contribution in [0.15, 0.2) is 18.2 Å². The van der Waals surface area contributed by atoms with Gasteiger partial charge in [-0.05, 0) is 18.4 Å². The van der Waals surface area contributed by atoms with E-state index in [9.17, 15) is 31.7 Å². The molecule has 10 heteroatoms. The summed E-state index contributed by atoms with van der Waals surface area (Å²) in [5, 5.41) is 13.1. The summed E-state index contributed by atoms with van der Waals surface area (Å²) in [6.07, 6.45) is -4.35. The number of nitrogens with one attached hydrogen (secondary N) is 1. The second-order valence-electron chi connectivity index (χ2n) is 5.13. The van der Waals surface area contributed by atoms with Gasteiger partial charge in [0, 0.05) is 24.4 Å². The van der Waals surface area contributed by atoms with E-state index in [-0.39, 0.29) is 29.7 Å². The van der Waals surface area contributed by atoms with Crippen molar-refractivity contribution in [3.8, 4) is 0 Å². The third kappa shape index (κ3) is 3.87. The number of alkyl halides is 3. The molecule has 0 radical (unpaired) electrons. The first-order valence-corrected chi connectivity index (χ1v) is 8.20. The van der Waals surface area contributed by atoms with Crippen LogP contribution in [0.1, 0.15) is 12.0 Å². The van der Waals surface area contributed by atoms with Gasteiger partial charge in [0.2, 0.25) is 0 Å². The number of nitro groups is 1. The summed E-state index contributed by atoms with van der Waals surface area (Å²) in [6.45, 7) is 0.0696. The Bertz CT molecular complexity index is 688. The van der Waals surface area contributed by atoms with Crippen LogP contribution < -0.4 is 5.32 Å². The van der Waals surface area contributed by atoms with E-state index < -0.39 is 32.2 Å². The Kier molecular flexibility index (Phi) is 4.32. The maximum absolute atomic E-state index is 13.0. The summed E-state index contributed by atoms with van der Waals surface area (Å²) >= 11 is 0. The molecule has 0 aliphatic carbocycles. The second-order valence-corrected chi connectivity index (χ2v) is 7.36. The molecule has 0 spiro atoms. The molecule has 1 N–H and O–H groups in total. The van der Waals surface area contributed by atoms with Crippen LogP contribution in [0.4, 0.5) is 24.5 Å². The van der Waals surface area contributed by atoms with Crippen molar-refractivity contribution in [1.82, 2.24) is 0 Å². The van der Waals surface area contributed by atoms with Gasteiger partial charge in [0.1, 0.15) is 0 Å². The first kappa shape index (κ1) is 16.5. The molecule has 1 heterocycles. The smallest absolute Gasteiger partial charge is 0.384 e. The lowest BCUT2D eigenvalue weighted by molar-refractivity contribution is -0.385. The van der Waals surface area contributed by atoms with Crippen LogP contribution in [0.3, 0.4) is 0 Å². The number of hydrogen-bond donors (Lipinski definition) is 1. The zero-order valence-electron chi connectivity index (χ0n) is 11.3. The minimum atomic E-state index is -4.74. The fourth-order valence-corrected chi connectivity index (χ4v) is 4.18. The van der Waals surface area contributed by atoms with Crippen molar-refractivity contribution in [2.24, 2.45) is 5.92 Å². The number of anilines is 1. The van der Waals surface area contributed by atoms with E-state index in [2.05, 4.69) is 5.32 Å². The predicted molar refractivity (Wildman–Crippen MR) is 73.3 cm³/mol. The molecule has 0 bridgehead atoms. The van der Waals surface area contributed by atoms with Crippen LogP contribution in [-0.2, 0) is 16.0 Å². The Morgan fingerprint density at radius 3 is 2.55 bits per heavy atom. The monoisotopic (exact) mass is 338 g/mol. The van der Waals surface area contributed by atoms with Crippen LogP contribution in [0.5, 0.6) is 0 Å². The molecule has 1 fully saturated rings. The van der Waals surface area contributed by atoms with Gasteiger partial charge in [-0.15, -0.1) is 0 Å². The number of benzene rings is 1. The Morgan fingerprint density at radius 2 is 2.05 bits per heavy atom. The Morgan fingerprint density at radius 1 is 1.36 bits per heavy atom. The molecule has 0 saturated carbocycles. The van der Waals surface area contributed by atoms with E-state index in [1.165, 1.54) is 0 Å². The van der Waals surface area contributed by atoms with Gasteiger partial charge >= 0.3 is 6.18 Å². The number of nitrogens with zero attached hydrogens (tertiary/aromatic N) is 1. The fraction of sp³-hybridized carbons (Fsp3) is 0.500. The second kappa shape index (κ2) is 5.75. The molecule has 0 unspecified atom stereocenters. The van der Waals surface area contributed by atoms with Gasteiger partial charge in [0.05, 0.1) is 22.0 Å². The minimum Gasteiger partial charge on any atom is -0.384 e. The normalized spacial score (nSPS) is 20.8. The first-order chi connectivity index (χ1) is 10.1. The number of rotatable bonds is 4. The van der Waals surface area contributed by atoms with E-state index in [1.54, 1.807) is 0 Å². The van der Waals surface area contributed by atoms with Gasteiger partial charge in [0.15, 0.2) is 9.84 Å². The number of nitro benzene ring substituents is 1. The zero-order valence-corrected chi connectivity index (χ0v) is 12.1. The van der Waals surface area contributed by atoms with Gasteiger partial charge in [-0.25, -0.2) is 8.42 Å². The van der Waals surface area contributed by atoms with Crippen LogP contribution in [-0.4, -0.2) is 31.4 Å². The molecule has 0 amide bonds. The van der Waals surface area contributed by atoms with Crippen molar-refractivity contribution < 1.29 is 26.5 Å². The molecular weight excluding hydrogens is 325 g/mol. The van der Waals surface area contributed by atoms with Crippen LogP contribution in [0, 0.1) is 16.0 Å². The highest BCUT2D eigenvalue weighted by atomic mass is 32.2. The van der Waals surface area contributed by atoms with Crippen molar-refractivity contribution in [2.75, 3.05) is 23.4 Å². The highest BCUT2D eigenvalue weighted by Gasteiger charge is 2.35. The topological polar surface area (TPSA) is 89.3 Å². The maximum atomic E-state index is 13.0. The molecule has 1 aromatic carbocycles. The van der Waals surface area contributed by atoms with Gasteiger partial charge in [0.25, 0.3) is 5.69 Å². The fourth-order valence-electron chi connectivity index (χ4n) is 2.32. The van der Waals surface area contributed by atoms with Crippen molar-refractivity contribution in [3.05, 3.63) is 33.9 Å². The third-order valence-electron chi connectivity index (χ3n) is 3.43. The highest BCUT2D eigenvalue weighted by molar-refractivity contribution is 7.91. The standard InChI is InChI=1S/C12H13F3N2O4S/c13-12(14,15)10-5-9(17(18)19)1-2-11(10)16-6-8-3-4-22(20,21)7-8/h1-2,5,8,16H,3-4,6-7H2/t8-/m0/s1. The highest BCUT2D eigenvalue weighted by Crippen LogP contribution is 2.37. The Labute approximate surface area is 124 Å².